The van der Waals surface area contributed by atoms with E-state index >= 15 is 0 Å². The summed E-state index contributed by atoms with van der Waals surface area (Å²) in [4.78, 5) is 0. The van der Waals surface area contributed by atoms with Gasteiger partial charge < -0.3 is 0 Å². The summed E-state index contributed by atoms with van der Waals surface area (Å²) in [7, 11) is 0. The first-order chi connectivity index (χ1) is 9.26. The van der Waals surface area contributed by atoms with Gasteiger partial charge in [0.2, 0.25) is 0 Å². The van der Waals surface area contributed by atoms with Crippen LogP contribution in [0.15, 0.2) is 0 Å². The molecule has 0 spiro atoms. The van der Waals surface area contributed by atoms with Crippen LogP contribution in [0, 0.1) is 29.1 Å². The molecule has 0 heterocycles. The SMILES string of the molecule is CCC(C)C(C)C(C)CCCCCC(C)(C)C(C)CC. The lowest BCUT2D eigenvalue weighted by atomic mass is 9.74. The van der Waals surface area contributed by atoms with E-state index in [9.17, 15) is 0 Å². The molecule has 0 heteroatoms. The smallest absolute Gasteiger partial charge is 0.0329 e. The van der Waals surface area contributed by atoms with Crippen LogP contribution >= 0.6 is 0 Å². The van der Waals surface area contributed by atoms with E-state index in [1.165, 1.54) is 44.9 Å². The average Bonchev–Trinajstić information content (AvgIpc) is 2.43. The van der Waals surface area contributed by atoms with Crippen molar-refractivity contribution >= 4 is 0 Å². The van der Waals surface area contributed by atoms with Crippen LogP contribution in [0.2, 0.25) is 0 Å². The predicted octanol–water partition coefficient (Wildman–Crippen LogP) is 7.33. The molecule has 0 bridgehead atoms. The van der Waals surface area contributed by atoms with Crippen LogP contribution in [0.5, 0.6) is 0 Å². The highest BCUT2D eigenvalue weighted by molar-refractivity contribution is 4.74. The third kappa shape index (κ3) is 7.14. The van der Waals surface area contributed by atoms with Crippen LogP contribution in [0.1, 0.15) is 100 Å². The third-order valence-corrected chi connectivity index (χ3v) is 6.37. The largest absolute Gasteiger partial charge is 0.0651 e. The minimum atomic E-state index is 0.532. The second-order valence-corrected chi connectivity index (χ2v) is 8.12. The minimum Gasteiger partial charge on any atom is -0.0651 e. The molecular formula is C20H42. The first kappa shape index (κ1) is 20.0. The minimum absolute atomic E-state index is 0.532. The molecular weight excluding hydrogens is 240 g/mol. The molecule has 0 aliphatic heterocycles. The molecule has 4 atom stereocenters. The van der Waals surface area contributed by atoms with Crippen molar-refractivity contribution in [1.29, 1.82) is 0 Å². The first-order valence-electron chi connectivity index (χ1n) is 9.26. The molecule has 4 unspecified atom stereocenters. The molecule has 0 aromatic rings. The Kier molecular flexibility index (Phi) is 9.85. The van der Waals surface area contributed by atoms with Gasteiger partial charge in [-0.05, 0) is 35.5 Å². The van der Waals surface area contributed by atoms with Crippen molar-refractivity contribution in [2.45, 2.75) is 100 Å². The van der Waals surface area contributed by atoms with Crippen molar-refractivity contribution in [1.82, 2.24) is 0 Å². The van der Waals surface area contributed by atoms with Crippen LogP contribution < -0.4 is 0 Å². The number of hydrogen-bond acceptors (Lipinski definition) is 0. The summed E-state index contributed by atoms with van der Waals surface area (Å²) in [6.45, 7) is 19.3. The van der Waals surface area contributed by atoms with Crippen LogP contribution in [-0.4, -0.2) is 0 Å². The van der Waals surface area contributed by atoms with Gasteiger partial charge in [0.15, 0.2) is 0 Å². The fourth-order valence-corrected chi connectivity index (χ4v) is 3.22. The van der Waals surface area contributed by atoms with Crippen LogP contribution in [0.4, 0.5) is 0 Å². The molecule has 122 valence electrons. The summed E-state index contributed by atoms with van der Waals surface area (Å²) in [5.74, 6) is 3.52. The molecule has 0 nitrogen and oxygen atoms in total. The van der Waals surface area contributed by atoms with E-state index in [-0.39, 0.29) is 0 Å². The summed E-state index contributed by atoms with van der Waals surface area (Å²) < 4.78 is 0. The Morgan fingerprint density at radius 1 is 0.750 bits per heavy atom. The van der Waals surface area contributed by atoms with Crippen molar-refractivity contribution in [2.75, 3.05) is 0 Å². The lowest BCUT2D eigenvalue weighted by molar-refractivity contribution is 0.197. The van der Waals surface area contributed by atoms with Crippen LogP contribution in [-0.2, 0) is 0 Å². The first-order valence-corrected chi connectivity index (χ1v) is 9.26. The van der Waals surface area contributed by atoms with Gasteiger partial charge >= 0.3 is 0 Å². The van der Waals surface area contributed by atoms with E-state index in [0.29, 0.717) is 5.41 Å². The zero-order valence-electron chi connectivity index (χ0n) is 15.8. The quantitative estimate of drug-likeness (QED) is 0.348. The molecule has 0 aromatic heterocycles. The van der Waals surface area contributed by atoms with E-state index in [2.05, 4.69) is 55.4 Å². The van der Waals surface area contributed by atoms with Gasteiger partial charge in [-0.1, -0.05) is 93.9 Å². The van der Waals surface area contributed by atoms with Gasteiger partial charge in [0.05, 0.1) is 0 Å². The zero-order chi connectivity index (χ0) is 15.8. The lowest BCUT2D eigenvalue weighted by Gasteiger charge is -2.31. The summed E-state index contributed by atoms with van der Waals surface area (Å²) in [5.41, 5.74) is 0.532. The van der Waals surface area contributed by atoms with Gasteiger partial charge in [-0.15, -0.1) is 0 Å². The predicted molar refractivity (Wildman–Crippen MR) is 94.1 cm³/mol. The maximum absolute atomic E-state index is 2.46. The number of rotatable bonds is 11. The Labute approximate surface area is 130 Å². The second-order valence-electron chi connectivity index (χ2n) is 8.12. The Morgan fingerprint density at radius 2 is 1.35 bits per heavy atom. The topological polar surface area (TPSA) is 0 Å². The van der Waals surface area contributed by atoms with Gasteiger partial charge in [-0.2, -0.15) is 0 Å². The maximum Gasteiger partial charge on any atom is -0.0329 e. The molecule has 0 aliphatic carbocycles. The molecule has 0 amide bonds. The summed E-state index contributed by atoms with van der Waals surface area (Å²) in [6, 6.07) is 0. The van der Waals surface area contributed by atoms with Crippen LogP contribution in [0.3, 0.4) is 0 Å². The van der Waals surface area contributed by atoms with E-state index < -0.39 is 0 Å². The van der Waals surface area contributed by atoms with E-state index in [1.54, 1.807) is 0 Å². The van der Waals surface area contributed by atoms with E-state index in [4.69, 9.17) is 0 Å². The van der Waals surface area contributed by atoms with Crippen molar-refractivity contribution < 1.29 is 0 Å². The van der Waals surface area contributed by atoms with Crippen molar-refractivity contribution in [3.05, 3.63) is 0 Å². The van der Waals surface area contributed by atoms with Gasteiger partial charge in [0.1, 0.15) is 0 Å². The Hall–Kier alpha value is 0. The van der Waals surface area contributed by atoms with Crippen molar-refractivity contribution in [2.24, 2.45) is 29.1 Å². The molecule has 0 aromatic carbocycles. The molecule has 0 radical (unpaired) electrons. The summed E-state index contributed by atoms with van der Waals surface area (Å²) >= 11 is 0. The third-order valence-electron chi connectivity index (χ3n) is 6.37. The lowest BCUT2D eigenvalue weighted by Crippen LogP contribution is -2.21. The van der Waals surface area contributed by atoms with E-state index in [0.717, 1.165) is 23.7 Å². The van der Waals surface area contributed by atoms with Gasteiger partial charge in [-0.25, -0.2) is 0 Å². The fourth-order valence-electron chi connectivity index (χ4n) is 3.22. The molecule has 0 saturated carbocycles. The molecule has 0 saturated heterocycles. The Balaban J connectivity index is 3.82. The molecule has 0 aliphatic rings. The second kappa shape index (κ2) is 9.85. The van der Waals surface area contributed by atoms with Crippen LogP contribution in [0.25, 0.3) is 0 Å². The summed E-state index contributed by atoms with van der Waals surface area (Å²) in [5, 5.41) is 0. The Morgan fingerprint density at radius 3 is 1.85 bits per heavy atom. The number of hydrogen-bond donors (Lipinski definition) is 0. The molecule has 20 heavy (non-hydrogen) atoms. The van der Waals surface area contributed by atoms with Gasteiger partial charge in [0.25, 0.3) is 0 Å². The standard InChI is InChI=1S/C20H42/c1-9-16(3)19(6)17(4)14-12-11-13-15-20(7,8)18(5)10-2/h16-19H,9-15H2,1-8H3. The van der Waals surface area contributed by atoms with Gasteiger partial charge in [0, 0.05) is 0 Å². The highest BCUT2D eigenvalue weighted by Crippen LogP contribution is 2.35. The highest BCUT2D eigenvalue weighted by Gasteiger charge is 2.23. The maximum atomic E-state index is 2.46. The van der Waals surface area contributed by atoms with Gasteiger partial charge in [-0.3, -0.25) is 0 Å². The normalized spacial score (nSPS) is 18.6. The molecule has 0 fully saturated rings. The fraction of sp³-hybridized carbons (Fsp3) is 1.00. The number of unbranched alkanes of at least 4 members (excludes halogenated alkanes) is 2. The monoisotopic (exact) mass is 282 g/mol. The van der Waals surface area contributed by atoms with Crippen molar-refractivity contribution in [3.63, 3.8) is 0 Å². The zero-order valence-corrected chi connectivity index (χ0v) is 15.8. The molecule has 0 rings (SSSR count). The Bertz CT molecular complexity index is 228. The van der Waals surface area contributed by atoms with Crippen molar-refractivity contribution in [3.8, 4) is 0 Å². The highest BCUT2D eigenvalue weighted by atomic mass is 14.3. The summed E-state index contributed by atoms with van der Waals surface area (Å²) in [6.07, 6.45) is 9.75. The van der Waals surface area contributed by atoms with E-state index in [1.807, 2.05) is 0 Å². The average molecular weight is 283 g/mol. The molecule has 0 N–H and O–H groups in total.